The van der Waals surface area contributed by atoms with Crippen molar-refractivity contribution in [1.82, 2.24) is 10.2 Å². The second-order valence-electron chi connectivity index (χ2n) is 11.6. The molecule has 3 unspecified atom stereocenters. The summed E-state index contributed by atoms with van der Waals surface area (Å²) in [7, 11) is 1.55. The molecular weight excluding hydrogens is 498 g/mol. The Kier molecular flexibility index (Phi) is 10.4. The molecule has 3 atom stereocenters. The van der Waals surface area contributed by atoms with Gasteiger partial charge in [-0.3, -0.25) is 9.59 Å². The van der Waals surface area contributed by atoms with Crippen LogP contribution in [0.4, 0.5) is 10.5 Å². The number of benzene rings is 2. The van der Waals surface area contributed by atoms with E-state index in [4.69, 9.17) is 9.47 Å². The molecule has 2 aromatic rings. The van der Waals surface area contributed by atoms with Crippen LogP contribution in [0, 0.1) is 5.92 Å². The third kappa shape index (κ3) is 8.90. The Morgan fingerprint density at radius 1 is 1.00 bits per heavy atom. The topological polar surface area (TPSA) is 117 Å². The van der Waals surface area contributed by atoms with Gasteiger partial charge in [0.2, 0.25) is 5.91 Å². The molecule has 3 amide bonds. The van der Waals surface area contributed by atoms with Gasteiger partial charge in [0.25, 0.3) is 5.91 Å². The number of ether oxygens (including phenoxy) is 2. The van der Waals surface area contributed by atoms with Gasteiger partial charge in [-0.2, -0.15) is 0 Å². The number of nitrogens with zero attached hydrogens (tertiary/aromatic N) is 1. The van der Waals surface area contributed by atoms with Gasteiger partial charge in [-0.1, -0.05) is 32.4 Å². The lowest BCUT2D eigenvalue weighted by atomic mass is 9.91. The average Bonchev–Trinajstić information content (AvgIpc) is 2.83. The van der Waals surface area contributed by atoms with Crippen LogP contribution in [0.1, 0.15) is 73.4 Å². The molecule has 0 aliphatic heterocycles. The highest BCUT2D eigenvalue weighted by atomic mass is 16.6. The number of carbonyl (C=O) groups excluding carboxylic acids is 3. The number of phenolic OH excluding ortho intramolecular Hbond substituents is 1. The fourth-order valence-electron chi connectivity index (χ4n) is 4.11. The van der Waals surface area contributed by atoms with Gasteiger partial charge in [-0.15, -0.1) is 0 Å². The highest BCUT2D eigenvalue weighted by Crippen LogP contribution is 2.33. The van der Waals surface area contributed by atoms with Crippen LogP contribution >= 0.6 is 0 Å². The monoisotopic (exact) mass is 541 g/mol. The summed E-state index contributed by atoms with van der Waals surface area (Å²) in [4.78, 5) is 42.5. The minimum absolute atomic E-state index is 0.0404. The van der Waals surface area contributed by atoms with Gasteiger partial charge in [0.05, 0.1) is 7.11 Å². The highest BCUT2D eigenvalue weighted by Gasteiger charge is 2.43. The number of alkyl carbamates (subject to hydrolysis) is 1. The van der Waals surface area contributed by atoms with Gasteiger partial charge in [-0.25, -0.2) is 4.79 Å². The number of nitrogens with one attached hydrogen (secondary N) is 2. The Balaban J connectivity index is 2.59. The Morgan fingerprint density at radius 3 is 2.10 bits per heavy atom. The minimum atomic E-state index is -1.13. The molecule has 214 valence electrons. The van der Waals surface area contributed by atoms with E-state index < -0.39 is 41.1 Å². The largest absolute Gasteiger partial charge is 0.508 e. The van der Waals surface area contributed by atoms with E-state index >= 15 is 0 Å². The van der Waals surface area contributed by atoms with E-state index in [0.717, 1.165) is 0 Å². The normalized spacial score (nSPS) is 14.0. The Hall–Kier alpha value is -3.75. The molecule has 9 heteroatoms. The number of rotatable bonds is 9. The van der Waals surface area contributed by atoms with Gasteiger partial charge >= 0.3 is 6.09 Å². The molecule has 0 aliphatic carbocycles. The molecule has 9 nitrogen and oxygen atoms in total. The summed E-state index contributed by atoms with van der Waals surface area (Å²) in [6.45, 7) is 14.5. The minimum Gasteiger partial charge on any atom is -0.508 e. The van der Waals surface area contributed by atoms with Crippen molar-refractivity contribution in [2.75, 3.05) is 12.4 Å². The molecule has 39 heavy (non-hydrogen) atoms. The van der Waals surface area contributed by atoms with E-state index in [-0.39, 0.29) is 11.7 Å². The fraction of sp³-hybridized carbons (Fsp3) is 0.500. The predicted molar refractivity (Wildman–Crippen MR) is 152 cm³/mol. The lowest BCUT2D eigenvalue weighted by molar-refractivity contribution is -0.147. The van der Waals surface area contributed by atoms with Crippen LogP contribution in [0.3, 0.4) is 0 Å². The SMILES string of the molecule is CCC(C)C(NC(=O)OC(C)(C)C)C(=O)N(C(C(=O)Nc1ccc(OC)cc1)c1cccc(O)c1)C(C)(C)C. The number of hydrogen-bond donors (Lipinski definition) is 3. The standard InChI is InChI=1S/C30H43N3O6/c1-10-19(2)24(32-28(37)39-30(6,7)8)27(36)33(29(3,4)5)25(20-12-11-13-22(34)18-20)26(35)31-21-14-16-23(38-9)17-15-21/h11-19,24-25,34H,10H2,1-9H3,(H,31,35)(H,32,37). The van der Waals surface area contributed by atoms with E-state index in [1.54, 1.807) is 64.3 Å². The van der Waals surface area contributed by atoms with Crippen LogP contribution in [-0.2, 0) is 14.3 Å². The van der Waals surface area contributed by atoms with Crippen molar-refractivity contribution < 1.29 is 29.0 Å². The molecule has 0 saturated carbocycles. The van der Waals surface area contributed by atoms with Gasteiger partial charge in [0, 0.05) is 11.2 Å². The maximum atomic E-state index is 14.3. The summed E-state index contributed by atoms with van der Waals surface area (Å²) in [5.74, 6) is -0.588. The zero-order chi connectivity index (χ0) is 29.5. The Labute approximate surface area is 231 Å². The summed E-state index contributed by atoms with van der Waals surface area (Å²) < 4.78 is 10.6. The average molecular weight is 542 g/mol. The van der Waals surface area contributed by atoms with Crippen LogP contribution in [0.15, 0.2) is 48.5 Å². The van der Waals surface area contributed by atoms with E-state index in [0.29, 0.717) is 23.4 Å². The first-order valence-electron chi connectivity index (χ1n) is 13.1. The molecule has 0 saturated heterocycles. The van der Waals surface area contributed by atoms with E-state index in [1.807, 2.05) is 34.6 Å². The molecule has 0 spiro atoms. The smallest absolute Gasteiger partial charge is 0.408 e. The third-order valence-corrected chi connectivity index (χ3v) is 6.16. The number of anilines is 1. The lowest BCUT2D eigenvalue weighted by Gasteiger charge is -2.43. The maximum Gasteiger partial charge on any atom is 0.408 e. The number of carbonyl (C=O) groups is 3. The van der Waals surface area contributed by atoms with Gasteiger partial charge in [-0.05, 0) is 89.4 Å². The molecule has 0 bridgehead atoms. The summed E-state index contributed by atoms with van der Waals surface area (Å²) in [5, 5.41) is 15.9. The number of phenols is 1. The van der Waals surface area contributed by atoms with Crippen LogP contribution in [0.2, 0.25) is 0 Å². The number of methoxy groups -OCH3 is 1. The Morgan fingerprint density at radius 2 is 1.62 bits per heavy atom. The zero-order valence-electron chi connectivity index (χ0n) is 24.5. The first-order valence-corrected chi connectivity index (χ1v) is 13.1. The van der Waals surface area contributed by atoms with Crippen molar-refractivity contribution in [2.45, 2.75) is 85.0 Å². The first-order chi connectivity index (χ1) is 18.1. The second-order valence-corrected chi connectivity index (χ2v) is 11.6. The molecule has 2 aromatic carbocycles. The zero-order valence-corrected chi connectivity index (χ0v) is 24.5. The van der Waals surface area contributed by atoms with Crippen molar-refractivity contribution in [3.63, 3.8) is 0 Å². The molecule has 3 N–H and O–H groups in total. The summed E-state index contributed by atoms with van der Waals surface area (Å²) >= 11 is 0. The quantitative estimate of drug-likeness (QED) is 0.378. The molecule has 0 fully saturated rings. The van der Waals surface area contributed by atoms with Crippen molar-refractivity contribution in [1.29, 1.82) is 0 Å². The van der Waals surface area contributed by atoms with Crippen molar-refractivity contribution >= 4 is 23.6 Å². The molecule has 0 aliphatic rings. The van der Waals surface area contributed by atoms with E-state index in [9.17, 15) is 19.5 Å². The third-order valence-electron chi connectivity index (χ3n) is 6.16. The highest BCUT2D eigenvalue weighted by molar-refractivity contribution is 5.99. The van der Waals surface area contributed by atoms with Gasteiger partial charge in [0.15, 0.2) is 0 Å². The summed E-state index contributed by atoms with van der Waals surface area (Å²) in [6, 6.07) is 11.0. The first kappa shape index (κ1) is 31.5. The summed E-state index contributed by atoms with van der Waals surface area (Å²) in [5.41, 5.74) is -0.674. The van der Waals surface area contributed by atoms with Crippen LogP contribution in [0.25, 0.3) is 0 Å². The molecule has 0 aromatic heterocycles. The van der Waals surface area contributed by atoms with E-state index in [1.165, 1.54) is 17.0 Å². The predicted octanol–water partition coefficient (Wildman–Crippen LogP) is 5.65. The van der Waals surface area contributed by atoms with Crippen LogP contribution < -0.4 is 15.4 Å². The van der Waals surface area contributed by atoms with Crippen LogP contribution in [0.5, 0.6) is 11.5 Å². The molecule has 0 heterocycles. The van der Waals surface area contributed by atoms with Gasteiger partial charge in [0.1, 0.15) is 29.2 Å². The maximum absolute atomic E-state index is 14.3. The van der Waals surface area contributed by atoms with Crippen molar-refractivity contribution in [3.05, 3.63) is 54.1 Å². The molecular formula is C30H43N3O6. The molecule has 0 radical (unpaired) electrons. The van der Waals surface area contributed by atoms with Crippen molar-refractivity contribution in [2.24, 2.45) is 5.92 Å². The Bertz CT molecular complexity index is 1130. The number of aromatic hydroxyl groups is 1. The van der Waals surface area contributed by atoms with Gasteiger partial charge < -0.3 is 30.1 Å². The lowest BCUT2D eigenvalue weighted by Crippen LogP contribution is -2.59. The van der Waals surface area contributed by atoms with E-state index in [2.05, 4.69) is 10.6 Å². The van der Waals surface area contributed by atoms with Crippen molar-refractivity contribution in [3.8, 4) is 11.5 Å². The summed E-state index contributed by atoms with van der Waals surface area (Å²) in [6.07, 6.45) is -0.120. The number of hydrogen-bond acceptors (Lipinski definition) is 6. The molecule has 2 rings (SSSR count). The number of amides is 3. The van der Waals surface area contributed by atoms with Crippen LogP contribution in [-0.4, -0.2) is 52.2 Å². The second kappa shape index (κ2) is 12.9. The fourth-order valence-corrected chi connectivity index (χ4v) is 4.11.